The van der Waals surface area contributed by atoms with Crippen LogP contribution in [0, 0.1) is 13.8 Å². The molecule has 26 heavy (non-hydrogen) atoms. The van der Waals surface area contributed by atoms with E-state index in [-0.39, 0.29) is 17.5 Å². The SMILES string of the molecule is Cc1cc(-n2nc(C(=O)Nc3ccc4[nH]ncc4c3)cc2C)nc(N)n1. The first kappa shape index (κ1) is 15.8. The van der Waals surface area contributed by atoms with Gasteiger partial charge in [0, 0.05) is 28.5 Å². The van der Waals surface area contributed by atoms with Gasteiger partial charge in [0.1, 0.15) is 0 Å². The Bertz CT molecular complexity index is 1110. The number of hydrogen-bond donors (Lipinski definition) is 3. The van der Waals surface area contributed by atoms with Gasteiger partial charge >= 0.3 is 0 Å². The number of nitrogens with one attached hydrogen (secondary N) is 2. The van der Waals surface area contributed by atoms with Gasteiger partial charge in [-0.25, -0.2) is 9.67 Å². The Morgan fingerprint density at radius 3 is 2.85 bits per heavy atom. The van der Waals surface area contributed by atoms with Crippen molar-refractivity contribution in [1.29, 1.82) is 0 Å². The number of benzene rings is 1. The number of amides is 1. The summed E-state index contributed by atoms with van der Waals surface area (Å²) in [5.74, 6) is 0.370. The van der Waals surface area contributed by atoms with Crippen LogP contribution in [0.25, 0.3) is 16.7 Å². The number of anilines is 2. The Kier molecular flexibility index (Phi) is 3.61. The number of nitrogens with two attached hydrogens (primary N) is 1. The number of H-pyrrole nitrogens is 1. The first-order chi connectivity index (χ1) is 12.5. The van der Waals surface area contributed by atoms with Crippen molar-refractivity contribution >= 4 is 28.4 Å². The minimum Gasteiger partial charge on any atom is -0.368 e. The normalized spacial score (nSPS) is 11.0. The van der Waals surface area contributed by atoms with Crippen LogP contribution in [0.2, 0.25) is 0 Å². The first-order valence-electron chi connectivity index (χ1n) is 7.92. The van der Waals surface area contributed by atoms with Crippen molar-refractivity contribution in [2.75, 3.05) is 11.1 Å². The highest BCUT2D eigenvalue weighted by Gasteiger charge is 2.15. The molecule has 4 aromatic rings. The van der Waals surface area contributed by atoms with E-state index in [0.717, 1.165) is 22.3 Å². The summed E-state index contributed by atoms with van der Waals surface area (Å²) in [5, 5.41) is 14.9. The average molecular weight is 348 g/mol. The van der Waals surface area contributed by atoms with Crippen LogP contribution in [0.5, 0.6) is 0 Å². The van der Waals surface area contributed by atoms with E-state index >= 15 is 0 Å². The molecule has 0 fully saturated rings. The lowest BCUT2D eigenvalue weighted by atomic mass is 10.2. The van der Waals surface area contributed by atoms with Gasteiger partial charge in [-0.05, 0) is 38.1 Å². The monoisotopic (exact) mass is 348 g/mol. The second-order valence-corrected chi connectivity index (χ2v) is 5.93. The number of nitrogen functional groups attached to an aromatic ring is 1. The zero-order valence-electron chi connectivity index (χ0n) is 14.2. The topological polar surface area (TPSA) is 127 Å². The molecule has 0 aliphatic heterocycles. The van der Waals surface area contributed by atoms with Crippen LogP contribution in [-0.4, -0.2) is 35.9 Å². The highest BCUT2D eigenvalue weighted by molar-refractivity contribution is 6.03. The van der Waals surface area contributed by atoms with E-state index in [4.69, 9.17) is 5.73 Å². The molecule has 1 amide bonds. The van der Waals surface area contributed by atoms with Crippen molar-refractivity contribution in [2.24, 2.45) is 0 Å². The number of aryl methyl sites for hydroxylation is 2. The Hall–Kier alpha value is -3.75. The quantitative estimate of drug-likeness (QED) is 0.519. The smallest absolute Gasteiger partial charge is 0.276 e. The fourth-order valence-corrected chi connectivity index (χ4v) is 2.72. The molecule has 0 bridgehead atoms. The third-order valence-electron chi connectivity index (χ3n) is 3.89. The van der Waals surface area contributed by atoms with Crippen molar-refractivity contribution in [1.82, 2.24) is 29.9 Å². The molecule has 0 aliphatic carbocycles. The van der Waals surface area contributed by atoms with Crippen molar-refractivity contribution in [3.05, 3.63) is 53.6 Å². The molecule has 130 valence electrons. The van der Waals surface area contributed by atoms with Gasteiger partial charge in [-0.3, -0.25) is 9.89 Å². The van der Waals surface area contributed by atoms with Crippen LogP contribution >= 0.6 is 0 Å². The predicted octanol–water partition coefficient (Wildman–Crippen LogP) is 1.99. The van der Waals surface area contributed by atoms with Crippen LogP contribution in [-0.2, 0) is 0 Å². The summed E-state index contributed by atoms with van der Waals surface area (Å²) in [7, 11) is 0. The predicted molar refractivity (Wildman–Crippen MR) is 97.1 cm³/mol. The van der Waals surface area contributed by atoms with Crippen molar-refractivity contribution in [2.45, 2.75) is 13.8 Å². The number of aromatic nitrogens is 6. The van der Waals surface area contributed by atoms with Gasteiger partial charge in [0.15, 0.2) is 11.5 Å². The van der Waals surface area contributed by atoms with E-state index in [0.29, 0.717) is 11.5 Å². The molecule has 0 radical (unpaired) electrons. The van der Waals surface area contributed by atoms with E-state index in [2.05, 4.69) is 30.6 Å². The van der Waals surface area contributed by atoms with Crippen LogP contribution in [0.3, 0.4) is 0 Å². The molecule has 3 aromatic heterocycles. The van der Waals surface area contributed by atoms with Gasteiger partial charge in [-0.2, -0.15) is 15.2 Å². The Labute approximate surface area is 148 Å². The molecule has 9 heteroatoms. The maximum Gasteiger partial charge on any atom is 0.276 e. The summed E-state index contributed by atoms with van der Waals surface area (Å²) in [6, 6.07) is 8.95. The summed E-state index contributed by atoms with van der Waals surface area (Å²) in [6.07, 6.45) is 1.70. The Morgan fingerprint density at radius 1 is 1.19 bits per heavy atom. The summed E-state index contributed by atoms with van der Waals surface area (Å²) >= 11 is 0. The zero-order chi connectivity index (χ0) is 18.3. The lowest BCUT2D eigenvalue weighted by Crippen LogP contribution is -2.13. The number of nitrogens with zero attached hydrogens (tertiary/aromatic N) is 5. The number of carbonyl (C=O) groups excluding carboxylic acids is 1. The third kappa shape index (κ3) is 2.86. The van der Waals surface area contributed by atoms with Crippen LogP contribution in [0.15, 0.2) is 36.5 Å². The molecular weight excluding hydrogens is 332 g/mol. The Morgan fingerprint density at radius 2 is 2.04 bits per heavy atom. The second-order valence-electron chi connectivity index (χ2n) is 5.93. The van der Waals surface area contributed by atoms with E-state index in [1.165, 1.54) is 0 Å². The number of aromatic amines is 1. The van der Waals surface area contributed by atoms with E-state index < -0.39 is 0 Å². The number of carbonyl (C=O) groups is 1. The minimum absolute atomic E-state index is 0.161. The lowest BCUT2D eigenvalue weighted by molar-refractivity contribution is 0.102. The molecule has 0 spiro atoms. The fraction of sp³-hybridized carbons (Fsp3) is 0.118. The largest absolute Gasteiger partial charge is 0.368 e. The van der Waals surface area contributed by atoms with Crippen molar-refractivity contribution in [3.63, 3.8) is 0 Å². The van der Waals surface area contributed by atoms with Crippen LogP contribution < -0.4 is 11.1 Å². The minimum atomic E-state index is -0.312. The van der Waals surface area contributed by atoms with E-state index in [1.54, 1.807) is 29.1 Å². The lowest BCUT2D eigenvalue weighted by Gasteiger charge is -2.05. The van der Waals surface area contributed by atoms with Gasteiger partial charge < -0.3 is 11.1 Å². The van der Waals surface area contributed by atoms with Crippen LogP contribution in [0.4, 0.5) is 11.6 Å². The van der Waals surface area contributed by atoms with Crippen molar-refractivity contribution < 1.29 is 4.79 Å². The molecule has 9 nitrogen and oxygen atoms in total. The maximum atomic E-state index is 12.6. The number of rotatable bonds is 3. The summed E-state index contributed by atoms with van der Waals surface area (Å²) in [5.41, 5.74) is 9.04. The van der Waals surface area contributed by atoms with Gasteiger partial charge in [-0.15, -0.1) is 0 Å². The fourth-order valence-electron chi connectivity index (χ4n) is 2.72. The second kappa shape index (κ2) is 5.96. The molecule has 0 unspecified atom stereocenters. The maximum absolute atomic E-state index is 12.6. The number of fused-ring (bicyclic) bond motifs is 1. The molecule has 0 aliphatic rings. The van der Waals surface area contributed by atoms with Gasteiger partial charge in [0.25, 0.3) is 5.91 Å². The first-order valence-corrected chi connectivity index (χ1v) is 7.92. The molecule has 4 rings (SSSR count). The molecule has 0 saturated heterocycles. The van der Waals surface area contributed by atoms with Gasteiger partial charge in [0.05, 0.1) is 11.7 Å². The molecule has 4 N–H and O–H groups in total. The van der Waals surface area contributed by atoms with Crippen molar-refractivity contribution in [3.8, 4) is 5.82 Å². The standard InChI is InChI=1S/C17H16N8O/c1-9-5-15(22-17(18)20-9)25-10(2)6-14(24-25)16(26)21-12-3-4-13-11(7-12)8-19-23-13/h3-8H,1-2H3,(H,19,23)(H,21,26)(H2,18,20,22). The molecule has 0 saturated carbocycles. The summed E-state index contributed by atoms with van der Waals surface area (Å²) in [4.78, 5) is 20.8. The summed E-state index contributed by atoms with van der Waals surface area (Å²) in [6.45, 7) is 3.66. The zero-order valence-corrected chi connectivity index (χ0v) is 14.2. The highest BCUT2D eigenvalue weighted by Crippen LogP contribution is 2.18. The third-order valence-corrected chi connectivity index (χ3v) is 3.89. The molecular formula is C17H16N8O. The highest BCUT2D eigenvalue weighted by atomic mass is 16.2. The van der Waals surface area contributed by atoms with E-state index in [9.17, 15) is 4.79 Å². The molecule has 0 atom stereocenters. The molecule has 3 heterocycles. The van der Waals surface area contributed by atoms with Gasteiger partial charge in [-0.1, -0.05) is 0 Å². The molecule has 1 aromatic carbocycles. The summed E-state index contributed by atoms with van der Waals surface area (Å²) < 4.78 is 1.57. The number of hydrogen-bond acceptors (Lipinski definition) is 6. The van der Waals surface area contributed by atoms with Gasteiger partial charge in [0.2, 0.25) is 5.95 Å². The average Bonchev–Trinajstić information content (AvgIpc) is 3.19. The van der Waals surface area contributed by atoms with Crippen LogP contribution in [0.1, 0.15) is 21.9 Å². The van der Waals surface area contributed by atoms with E-state index in [1.807, 2.05) is 26.0 Å². The Balaban J connectivity index is 1.62.